The first-order chi connectivity index (χ1) is 9.65. The molecule has 0 unspecified atom stereocenters. The van der Waals surface area contributed by atoms with E-state index in [0.29, 0.717) is 6.42 Å². The number of nitro groups is 1. The number of benzene rings is 2. The summed E-state index contributed by atoms with van der Waals surface area (Å²) in [6, 6.07) is 13.8. The van der Waals surface area contributed by atoms with Crippen molar-refractivity contribution < 1.29 is 9.72 Å². The molecule has 1 aliphatic rings. The molecule has 0 radical (unpaired) electrons. The van der Waals surface area contributed by atoms with Crippen LogP contribution < -0.4 is 5.32 Å². The molecule has 5 nitrogen and oxygen atoms in total. The lowest BCUT2D eigenvalue weighted by atomic mass is 9.89. The zero-order valence-electron chi connectivity index (χ0n) is 10.6. The Kier molecular flexibility index (Phi) is 2.95. The Balaban J connectivity index is 2.01. The van der Waals surface area contributed by atoms with E-state index in [0.717, 1.165) is 16.7 Å². The number of nitro benzene ring substituents is 1. The molecule has 3 rings (SSSR count). The standard InChI is InChI=1S/C15H12N2O3/c18-14-9-11-3-1-2-4-13(11)15(16-14)10-5-7-12(8-6-10)17(19)20/h1-8,15H,9H2,(H,16,18)/t15-/m0/s1. The summed E-state index contributed by atoms with van der Waals surface area (Å²) in [6.45, 7) is 0. The third-order valence-electron chi connectivity index (χ3n) is 3.46. The Labute approximate surface area is 115 Å². The van der Waals surface area contributed by atoms with E-state index in [9.17, 15) is 14.9 Å². The van der Waals surface area contributed by atoms with E-state index in [1.165, 1.54) is 12.1 Å². The fraction of sp³-hybridized carbons (Fsp3) is 0.133. The van der Waals surface area contributed by atoms with Crippen LogP contribution in [0, 0.1) is 10.1 Å². The summed E-state index contributed by atoms with van der Waals surface area (Å²) in [7, 11) is 0. The quantitative estimate of drug-likeness (QED) is 0.671. The number of carbonyl (C=O) groups excluding carboxylic acids is 1. The lowest BCUT2D eigenvalue weighted by Gasteiger charge is -2.26. The molecule has 1 heterocycles. The molecule has 0 bridgehead atoms. The molecule has 0 spiro atoms. The summed E-state index contributed by atoms with van der Waals surface area (Å²) >= 11 is 0. The predicted molar refractivity (Wildman–Crippen MR) is 73.2 cm³/mol. The number of carbonyl (C=O) groups is 1. The number of nitrogens with one attached hydrogen (secondary N) is 1. The fourth-order valence-electron chi connectivity index (χ4n) is 2.49. The van der Waals surface area contributed by atoms with E-state index in [1.54, 1.807) is 12.1 Å². The highest BCUT2D eigenvalue weighted by Crippen LogP contribution is 2.29. The van der Waals surface area contributed by atoms with Crippen LogP contribution in [-0.4, -0.2) is 10.8 Å². The van der Waals surface area contributed by atoms with Gasteiger partial charge in [0.1, 0.15) is 0 Å². The molecule has 1 aliphatic heterocycles. The van der Waals surface area contributed by atoms with Crippen LogP contribution in [0.5, 0.6) is 0 Å². The maximum absolute atomic E-state index is 11.8. The smallest absolute Gasteiger partial charge is 0.269 e. The van der Waals surface area contributed by atoms with Crippen molar-refractivity contribution in [2.75, 3.05) is 0 Å². The van der Waals surface area contributed by atoms with Gasteiger partial charge in [-0.2, -0.15) is 0 Å². The van der Waals surface area contributed by atoms with Crippen molar-refractivity contribution in [2.24, 2.45) is 0 Å². The normalized spacial score (nSPS) is 17.2. The van der Waals surface area contributed by atoms with Gasteiger partial charge in [-0.3, -0.25) is 14.9 Å². The minimum Gasteiger partial charge on any atom is -0.345 e. The van der Waals surface area contributed by atoms with Crippen LogP contribution in [0.2, 0.25) is 0 Å². The van der Waals surface area contributed by atoms with Crippen molar-refractivity contribution in [3.63, 3.8) is 0 Å². The molecule has 100 valence electrons. The van der Waals surface area contributed by atoms with Gasteiger partial charge in [0, 0.05) is 12.1 Å². The third-order valence-corrected chi connectivity index (χ3v) is 3.46. The number of hydrogen-bond donors (Lipinski definition) is 1. The summed E-state index contributed by atoms with van der Waals surface area (Å²) in [5.41, 5.74) is 2.93. The highest BCUT2D eigenvalue weighted by atomic mass is 16.6. The van der Waals surface area contributed by atoms with Crippen molar-refractivity contribution in [1.29, 1.82) is 0 Å². The molecule has 5 heteroatoms. The van der Waals surface area contributed by atoms with E-state index < -0.39 is 4.92 Å². The molecule has 0 saturated carbocycles. The van der Waals surface area contributed by atoms with Crippen molar-refractivity contribution in [3.8, 4) is 0 Å². The molecular weight excluding hydrogens is 256 g/mol. The van der Waals surface area contributed by atoms with Gasteiger partial charge in [-0.15, -0.1) is 0 Å². The van der Waals surface area contributed by atoms with Crippen LogP contribution in [0.1, 0.15) is 22.7 Å². The van der Waals surface area contributed by atoms with Crippen molar-refractivity contribution >= 4 is 11.6 Å². The number of rotatable bonds is 2. The molecule has 20 heavy (non-hydrogen) atoms. The first kappa shape index (κ1) is 12.3. The second kappa shape index (κ2) is 4.77. The second-order valence-electron chi connectivity index (χ2n) is 4.72. The molecule has 0 aromatic heterocycles. The summed E-state index contributed by atoms with van der Waals surface area (Å²) < 4.78 is 0. The van der Waals surface area contributed by atoms with E-state index >= 15 is 0 Å². The molecule has 0 saturated heterocycles. The van der Waals surface area contributed by atoms with Gasteiger partial charge in [0.2, 0.25) is 5.91 Å². The van der Waals surface area contributed by atoms with Crippen LogP contribution in [0.3, 0.4) is 0 Å². The van der Waals surface area contributed by atoms with Gasteiger partial charge in [0.05, 0.1) is 17.4 Å². The molecular formula is C15H12N2O3. The average Bonchev–Trinajstić information content (AvgIpc) is 2.46. The molecule has 1 atom stereocenters. The van der Waals surface area contributed by atoms with Crippen LogP contribution in [0.25, 0.3) is 0 Å². The number of nitrogens with zero attached hydrogens (tertiary/aromatic N) is 1. The van der Waals surface area contributed by atoms with Gasteiger partial charge >= 0.3 is 0 Å². The number of non-ortho nitro benzene ring substituents is 1. The molecule has 2 aromatic rings. The van der Waals surface area contributed by atoms with Gasteiger partial charge < -0.3 is 5.32 Å². The predicted octanol–water partition coefficient (Wildman–Crippen LogP) is 2.36. The van der Waals surface area contributed by atoms with Gasteiger partial charge in [-0.05, 0) is 28.8 Å². The number of fused-ring (bicyclic) bond motifs is 1. The lowest BCUT2D eigenvalue weighted by Crippen LogP contribution is -2.35. The maximum atomic E-state index is 11.8. The van der Waals surface area contributed by atoms with Gasteiger partial charge in [-0.25, -0.2) is 0 Å². The van der Waals surface area contributed by atoms with E-state index in [2.05, 4.69) is 5.32 Å². The second-order valence-corrected chi connectivity index (χ2v) is 4.72. The Morgan fingerprint density at radius 3 is 2.50 bits per heavy atom. The lowest BCUT2D eigenvalue weighted by molar-refractivity contribution is -0.384. The van der Waals surface area contributed by atoms with E-state index in [-0.39, 0.29) is 17.6 Å². The number of hydrogen-bond acceptors (Lipinski definition) is 3. The Bertz CT molecular complexity index is 680. The van der Waals surface area contributed by atoms with Gasteiger partial charge in [0.15, 0.2) is 0 Å². The van der Waals surface area contributed by atoms with Crippen molar-refractivity contribution in [2.45, 2.75) is 12.5 Å². The minimum atomic E-state index is -0.433. The third kappa shape index (κ3) is 2.14. The fourth-order valence-corrected chi connectivity index (χ4v) is 2.49. The highest BCUT2D eigenvalue weighted by molar-refractivity contribution is 5.82. The Hall–Kier alpha value is -2.69. The SMILES string of the molecule is O=C1Cc2ccccc2[C@H](c2ccc([N+](=O)[O-])cc2)N1. The first-order valence-electron chi connectivity index (χ1n) is 6.26. The summed E-state index contributed by atoms with van der Waals surface area (Å²) in [5, 5.41) is 13.6. The van der Waals surface area contributed by atoms with Crippen LogP contribution in [0.15, 0.2) is 48.5 Å². The Morgan fingerprint density at radius 1 is 1.10 bits per heavy atom. The monoisotopic (exact) mass is 268 g/mol. The molecule has 1 N–H and O–H groups in total. The van der Waals surface area contributed by atoms with Crippen LogP contribution >= 0.6 is 0 Å². The van der Waals surface area contributed by atoms with Crippen LogP contribution in [0.4, 0.5) is 5.69 Å². The largest absolute Gasteiger partial charge is 0.345 e. The van der Waals surface area contributed by atoms with Crippen LogP contribution in [-0.2, 0) is 11.2 Å². The van der Waals surface area contributed by atoms with Crippen molar-refractivity contribution in [3.05, 3.63) is 75.3 Å². The molecule has 0 aliphatic carbocycles. The summed E-state index contributed by atoms with van der Waals surface area (Å²) in [4.78, 5) is 22.0. The summed E-state index contributed by atoms with van der Waals surface area (Å²) in [5.74, 6) is -0.0351. The molecule has 2 aromatic carbocycles. The maximum Gasteiger partial charge on any atom is 0.269 e. The van der Waals surface area contributed by atoms with Gasteiger partial charge in [0.25, 0.3) is 5.69 Å². The topological polar surface area (TPSA) is 72.2 Å². The molecule has 0 fully saturated rings. The van der Waals surface area contributed by atoms with E-state index in [1.807, 2.05) is 24.3 Å². The minimum absolute atomic E-state index is 0.0351. The zero-order valence-corrected chi connectivity index (χ0v) is 10.6. The van der Waals surface area contributed by atoms with Crippen molar-refractivity contribution in [1.82, 2.24) is 5.32 Å². The zero-order chi connectivity index (χ0) is 14.1. The summed E-state index contributed by atoms with van der Waals surface area (Å²) in [6.07, 6.45) is 0.375. The van der Waals surface area contributed by atoms with E-state index in [4.69, 9.17) is 0 Å². The first-order valence-corrected chi connectivity index (χ1v) is 6.26. The Morgan fingerprint density at radius 2 is 1.80 bits per heavy atom. The van der Waals surface area contributed by atoms with Gasteiger partial charge in [-0.1, -0.05) is 24.3 Å². The number of amides is 1. The molecule has 1 amide bonds. The highest BCUT2D eigenvalue weighted by Gasteiger charge is 2.25. The average molecular weight is 268 g/mol.